The van der Waals surface area contributed by atoms with Crippen molar-refractivity contribution >= 4 is 17.3 Å². The molecule has 0 atom stereocenters. The van der Waals surface area contributed by atoms with Crippen molar-refractivity contribution in [2.75, 3.05) is 6.54 Å². The third kappa shape index (κ3) is 2.99. The van der Waals surface area contributed by atoms with Gasteiger partial charge < -0.3 is 10.6 Å². The van der Waals surface area contributed by atoms with E-state index in [1.54, 1.807) is 0 Å². The van der Waals surface area contributed by atoms with Gasteiger partial charge >= 0.3 is 0 Å². The van der Waals surface area contributed by atoms with Gasteiger partial charge in [-0.15, -0.1) is 0 Å². The summed E-state index contributed by atoms with van der Waals surface area (Å²) < 4.78 is 1.86. The molecule has 1 aromatic heterocycles. The molecular weight excluding hydrogens is 196 g/mol. The summed E-state index contributed by atoms with van der Waals surface area (Å²) >= 11 is 5.05. The molecule has 0 spiro atoms. The number of nitrogens with zero attached hydrogens (tertiary/aromatic N) is 2. The smallest absolute Gasteiger partial charge is 0.166 e. The lowest BCUT2D eigenvalue weighted by molar-refractivity contribution is 0.685. The number of hydrogen-bond donors (Lipinski definition) is 2. The number of aryl methyl sites for hydroxylation is 2. The van der Waals surface area contributed by atoms with Crippen LogP contribution >= 0.6 is 12.2 Å². The van der Waals surface area contributed by atoms with Crippen molar-refractivity contribution in [1.82, 2.24) is 20.4 Å². The molecule has 5 heteroatoms. The number of hydrogen-bond acceptors (Lipinski definition) is 2. The highest BCUT2D eigenvalue weighted by Gasteiger charge is 2.01. The van der Waals surface area contributed by atoms with E-state index in [1.807, 2.05) is 31.6 Å². The van der Waals surface area contributed by atoms with E-state index in [4.69, 9.17) is 12.2 Å². The monoisotopic (exact) mass is 212 g/mol. The van der Waals surface area contributed by atoms with Gasteiger partial charge in [-0.25, -0.2) is 0 Å². The minimum atomic E-state index is 0.686. The van der Waals surface area contributed by atoms with Crippen molar-refractivity contribution in [1.29, 1.82) is 0 Å². The zero-order valence-corrected chi connectivity index (χ0v) is 9.61. The van der Waals surface area contributed by atoms with Crippen molar-refractivity contribution in [3.8, 4) is 0 Å². The van der Waals surface area contributed by atoms with Gasteiger partial charge in [0.05, 0.1) is 17.9 Å². The summed E-state index contributed by atoms with van der Waals surface area (Å²) in [6.45, 7) is 5.55. The molecule has 0 bridgehead atoms. The lowest BCUT2D eigenvalue weighted by atomic mass is 10.4. The number of rotatable bonds is 3. The maximum Gasteiger partial charge on any atom is 0.166 e. The van der Waals surface area contributed by atoms with Crippen molar-refractivity contribution in [2.45, 2.75) is 20.4 Å². The first kappa shape index (κ1) is 11.0. The highest BCUT2D eigenvalue weighted by molar-refractivity contribution is 7.80. The van der Waals surface area contributed by atoms with Crippen molar-refractivity contribution in [2.24, 2.45) is 7.05 Å². The Morgan fingerprint density at radius 3 is 2.79 bits per heavy atom. The molecule has 1 aromatic rings. The fourth-order valence-corrected chi connectivity index (χ4v) is 1.44. The maximum absolute atomic E-state index is 5.05. The first-order valence-electron chi connectivity index (χ1n) is 4.64. The van der Waals surface area contributed by atoms with E-state index in [2.05, 4.69) is 15.7 Å². The average Bonchev–Trinajstić information content (AvgIpc) is 2.42. The zero-order chi connectivity index (χ0) is 10.6. The Morgan fingerprint density at radius 1 is 1.57 bits per heavy atom. The van der Waals surface area contributed by atoms with E-state index in [0.717, 1.165) is 17.9 Å². The molecule has 4 nitrogen and oxygen atoms in total. The summed E-state index contributed by atoms with van der Waals surface area (Å²) in [6.07, 6.45) is 0. The van der Waals surface area contributed by atoms with Crippen molar-refractivity contribution in [3.63, 3.8) is 0 Å². The van der Waals surface area contributed by atoms with E-state index in [1.165, 1.54) is 0 Å². The molecule has 0 unspecified atom stereocenters. The molecule has 0 aliphatic heterocycles. The average molecular weight is 212 g/mol. The minimum absolute atomic E-state index is 0.686. The number of nitrogens with one attached hydrogen (secondary N) is 2. The van der Waals surface area contributed by atoms with E-state index in [0.29, 0.717) is 11.7 Å². The molecular formula is C9H16N4S. The topological polar surface area (TPSA) is 41.9 Å². The normalized spacial score (nSPS) is 9.93. The van der Waals surface area contributed by atoms with Gasteiger partial charge in [-0.05, 0) is 32.1 Å². The second-order valence-electron chi connectivity index (χ2n) is 3.11. The van der Waals surface area contributed by atoms with Crippen LogP contribution in [-0.4, -0.2) is 21.4 Å². The Morgan fingerprint density at radius 2 is 2.29 bits per heavy atom. The summed E-state index contributed by atoms with van der Waals surface area (Å²) in [7, 11) is 1.93. The standard InChI is InChI=1S/C9H16N4S/c1-4-10-9(14)11-6-8-5-7(2)12-13(8)3/h5H,4,6H2,1-3H3,(H2,10,11,14). The third-order valence-corrected chi connectivity index (χ3v) is 2.15. The molecule has 0 fully saturated rings. The molecule has 78 valence electrons. The maximum atomic E-state index is 5.05. The predicted octanol–water partition coefficient (Wildman–Crippen LogP) is 0.713. The van der Waals surface area contributed by atoms with Gasteiger partial charge in [0.15, 0.2) is 5.11 Å². The Bertz CT molecular complexity index is 319. The quantitative estimate of drug-likeness (QED) is 0.724. The first-order valence-corrected chi connectivity index (χ1v) is 5.05. The van der Waals surface area contributed by atoms with E-state index in [-0.39, 0.29) is 0 Å². The summed E-state index contributed by atoms with van der Waals surface area (Å²) in [6, 6.07) is 2.04. The molecule has 1 heterocycles. The number of aromatic nitrogens is 2. The fourth-order valence-electron chi connectivity index (χ4n) is 1.22. The van der Waals surface area contributed by atoms with Crippen molar-refractivity contribution < 1.29 is 0 Å². The molecule has 0 radical (unpaired) electrons. The van der Waals surface area contributed by atoms with Crippen LogP contribution in [0.3, 0.4) is 0 Å². The van der Waals surface area contributed by atoms with Crippen LogP contribution in [0, 0.1) is 6.92 Å². The molecule has 0 aromatic carbocycles. The molecule has 14 heavy (non-hydrogen) atoms. The van der Waals surface area contributed by atoms with Crippen LogP contribution in [-0.2, 0) is 13.6 Å². The molecule has 0 saturated carbocycles. The Hall–Kier alpha value is -1.10. The van der Waals surface area contributed by atoms with Gasteiger partial charge in [-0.2, -0.15) is 5.10 Å². The van der Waals surface area contributed by atoms with Gasteiger partial charge in [0.2, 0.25) is 0 Å². The van der Waals surface area contributed by atoms with Crippen LogP contribution in [0.15, 0.2) is 6.07 Å². The SMILES string of the molecule is CCNC(=S)NCc1cc(C)nn1C. The summed E-state index contributed by atoms with van der Waals surface area (Å²) in [5.41, 5.74) is 2.15. The zero-order valence-electron chi connectivity index (χ0n) is 8.79. The van der Waals surface area contributed by atoms with E-state index < -0.39 is 0 Å². The van der Waals surface area contributed by atoms with Gasteiger partial charge in [-0.3, -0.25) is 4.68 Å². The third-order valence-electron chi connectivity index (χ3n) is 1.87. The molecule has 1 rings (SSSR count). The van der Waals surface area contributed by atoms with Crippen LogP contribution in [0.25, 0.3) is 0 Å². The predicted molar refractivity (Wildman–Crippen MR) is 61.1 cm³/mol. The Balaban J connectivity index is 2.45. The largest absolute Gasteiger partial charge is 0.363 e. The summed E-state index contributed by atoms with van der Waals surface area (Å²) in [4.78, 5) is 0. The van der Waals surface area contributed by atoms with Gasteiger partial charge in [-0.1, -0.05) is 0 Å². The first-order chi connectivity index (χ1) is 6.63. The second kappa shape index (κ2) is 4.95. The van der Waals surface area contributed by atoms with E-state index >= 15 is 0 Å². The van der Waals surface area contributed by atoms with Crippen LogP contribution in [0.1, 0.15) is 18.3 Å². The molecule has 2 N–H and O–H groups in total. The molecule has 0 saturated heterocycles. The van der Waals surface area contributed by atoms with Crippen LogP contribution < -0.4 is 10.6 Å². The molecule has 0 aliphatic carbocycles. The lowest BCUT2D eigenvalue weighted by Crippen LogP contribution is -2.34. The highest BCUT2D eigenvalue weighted by atomic mass is 32.1. The van der Waals surface area contributed by atoms with E-state index in [9.17, 15) is 0 Å². The molecule has 0 aliphatic rings. The lowest BCUT2D eigenvalue weighted by Gasteiger charge is -2.08. The van der Waals surface area contributed by atoms with Gasteiger partial charge in [0.1, 0.15) is 0 Å². The van der Waals surface area contributed by atoms with Crippen LogP contribution in [0.5, 0.6) is 0 Å². The van der Waals surface area contributed by atoms with Crippen molar-refractivity contribution in [3.05, 3.63) is 17.5 Å². The molecule has 0 amide bonds. The van der Waals surface area contributed by atoms with Gasteiger partial charge in [0, 0.05) is 13.6 Å². The highest BCUT2D eigenvalue weighted by Crippen LogP contribution is 2.00. The number of thiocarbonyl (C=S) groups is 1. The second-order valence-corrected chi connectivity index (χ2v) is 3.52. The fraction of sp³-hybridized carbons (Fsp3) is 0.556. The summed E-state index contributed by atoms with van der Waals surface area (Å²) in [5.74, 6) is 0. The Kier molecular flexibility index (Phi) is 3.88. The van der Waals surface area contributed by atoms with Gasteiger partial charge in [0.25, 0.3) is 0 Å². The van der Waals surface area contributed by atoms with Crippen LogP contribution in [0.2, 0.25) is 0 Å². The Labute approximate surface area is 89.7 Å². The minimum Gasteiger partial charge on any atom is -0.363 e. The summed E-state index contributed by atoms with van der Waals surface area (Å²) in [5, 5.41) is 11.1. The van der Waals surface area contributed by atoms with Crippen LogP contribution in [0.4, 0.5) is 0 Å².